The number of nitrogens with two attached hydrogens (primary N) is 1. The summed E-state index contributed by atoms with van der Waals surface area (Å²) in [6, 6.07) is 9.94. The molecular formula is C26H27N3O6. The summed E-state index contributed by atoms with van der Waals surface area (Å²) < 4.78 is 11.8. The highest BCUT2D eigenvalue weighted by atomic mass is 16.5. The van der Waals surface area contributed by atoms with E-state index in [1.165, 1.54) is 6.08 Å². The number of amides is 2. The maximum Gasteiger partial charge on any atom is 0.335 e. The van der Waals surface area contributed by atoms with Crippen molar-refractivity contribution in [3.05, 3.63) is 82.6 Å². The summed E-state index contributed by atoms with van der Waals surface area (Å²) in [5, 5.41) is 12.4. The Labute approximate surface area is 202 Å². The Morgan fingerprint density at radius 2 is 1.97 bits per heavy atom. The van der Waals surface area contributed by atoms with Gasteiger partial charge in [-0.3, -0.25) is 9.59 Å². The van der Waals surface area contributed by atoms with Gasteiger partial charge in [-0.05, 0) is 48.2 Å². The Morgan fingerprint density at radius 1 is 1.23 bits per heavy atom. The number of fused-ring (bicyclic) bond motifs is 2. The molecule has 35 heavy (non-hydrogen) atoms. The van der Waals surface area contributed by atoms with Gasteiger partial charge in [-0.25, -0.2) is 4.79 Å². The average molecular weight is 478 g/mol. The smallest absolute Gasteiger partial charge is 0.335 e. The molecule has 2 aliphatic rings. The van der Waals surface area contributed by atoms with Crippen LogP contribution in [0, 0.1) is 6.92 Å². The van der Waals surface area contributed by atoms with E-state index in [1.807, 2.05) is 13.0 Å². The van der Waals surface area contributed by atoms with E-state index >= 15 is 0 Å². The van der Waals surface area contributed by atoms with Crippen molar-refractivity contribution in [3.8, 4) is 5.75 Å². The first-order valence-corrected chi connectivity index (χ1v) is 11.2. The molecule has 2 aliphatic heterocycles. The first-order chi connectivity index (χ1) is 16.8. The zero-order valence-electron chi connectivity index (χ0n) is 19.5. The maximum absolute atomic E-state index is 13.5. The quantitative estimate of drug-likeness (QED) is 0.498. The molecule has 0 fully saturated rings. The number of carbonyl (C=O) groups excluding carboxylic acids is 2. The SMILES string of the molecule is COC1Nc2c(ccc(C)c2OCCc2ccc(C(=O)O)cc2)C(=O)N2C=C(C=CC(N)=O)CC12. The Morgan fingerprint density at radius 3 is 2.63 bits per heavy atom. The van der Waals surface area contributed by atoms with Crippen molar-refractivity contribution in [3.63, 3.8) is 0 Å². The zero-order valence-corrected chi connectivity index (χ0v) is 19.5. The number of hydrogen-bond acceptors (Lipinski definition) is 6. The number of benzene rings is 2. The molecule has 2 unspecified atom stereocenters. The number of rotatable bonds is 8. The second-order valence-electron chi connectivity index (χ2n) is 8.46. The van der Waals surface area contributed by atoms with Crippen molar-refractivity contribution in [2.75, 3.05) is 19.0 Å². The van der Waals surface area contributed by atoms with E-state index in [0.717, 1.165) is 16.7 Å². The van der Waals surface area contributed by atoms with E-state index in [4.69, 9.17) is 20.3 Å². The normalized spacial score (nSPS) is 19.0. The molecule has 2 aromatic carbocycles. The topological polar surface area (TPSA) is 131 Å². The summed E-state index contributed by atoms with van der Waals surface area (Å²) in [5.74, 6) is -1.15. The molecule has 0 aliphatic carbocycles. The number of carboxylic acid groups (broad SMARTS) is 1. The number of aryl methyl sites for hydroxylation is 1. The van der Waals surface area contributed by atoms with Gasteiger partial charge in [-0.2, -0.15) is 0 Å². The molecule has 9 nitrogen and oxygen atoms in total. The van der Waals surface area contributed by atoms with Crippen LogP contribution in [0.15, 0.2) is 60.3 Å². The lowest BCUT2D eigenvalue weighted by Gasteiger charge is -2.28. The number of carbonyl (C=O) groups is 3. The summed E-state index contributed by atoms with van der Waals surface area (Å²) in [7, 11) is 1.57. The van der Waals surface area contributed by atoms with Gasteiger partial charge in [-0.1, -0.05) is 24.3 Å². The van der Waals surface area contributed by atoms with Crippen molar-refractivity contribution in [1.82, 2.24) is 4.90 Å². The molecule has 2 heterocycles. The molecule has 2 aromatic rings. The molecule has 2 amide bonds. The molecule has 0 radical (unpaired) electrons. The van der Waals surface area contributed by atoms with Crippen LogP contribution in [-0.4, -0.2) is 53.8 Å². The van der Waals surface area contributed by atoms with Crippen molar-refractivity contribution in [1.29, 1.82) is 0 Å². The van der Waals surface area contributed by atoms with Gasteiger partial charge in [0, 0.05) is 25.8 Å². The molecule has 0 spiro atoms. The fraction of sp³-hybridized carbons (Fsp3) is 0.269. The molecule has 2 atom stereocenters. The minimum atomic E-state index is -0.967. The number of primary amides is 1. The van der Waals surface area contributed by atoms with E-state index in [9.17, 15) is 14.4 Å². The number of hydrogen-bond donors (Lipinski definition) is 3. The fourth-order valence-corrected chi connectivity index (χ4v) is 4.30. The van der Waals surface area contributed by atoms with Crippen LogP contribution in [0.3, 0.4) is 0 Å². The highest BCUT2D eigenvalue weighted by molar-refractivity contribution is 6.03. The molecule has 4 N–H and O–H groups in total. The van der Waals surface area contributed by atoms with Crippen molar-refractivity contribution < 1.29 is 29.0 Å². The number of methoxy groups -OCH3 is 1. The molecular weight excluding hydrogens is 450 g/mol. The molecule has 182 valence electrons. The number of nitrogens with zero attached hydrogens (tertiary/aromatic N) is 1. The van der Waals surface area contributed by atoms with E-state index in [0.29, 0.717) is 36.4 Å². The van der Waals surface area contributed by atoms with Crippen LogP contribution in [0.5, 0.6) is 5.75 Å². The number of allylic oxidation sites excluding steroid dienone is 1. The zero-order chi connectivity index (χ0) is 25.1. The summed E-state index contributed by atoms with van der Waals surface area (Å²) in [4.78, 5) is 37.3. The Hall–Kier alpha value is -4.11. The summed E-state index contributed by atoms with van der Waals surface area (Å²) in [6.45, 7) is 2.25. The van der Waals surface area contributed by atoms with E-state index < -0.39 is 18.1 Å². The van der Waals surface area contributed by atoms with Crippen LogP contribution in [0.1, 0.15) is 38.3 Å². The third kappa shape index (κ3) is 5.04. The number of carboxylic acids is 1. The predicted molar refractivity (Wildman–Crippen MR) is 129 cm³/mol. The molecule has 4 rings (SSSR count). The molecule has 0 saturated heterocycles. The van der Waals surface area contributed by atoms with Gasteiger partial charge < -0.3 is 30.5 Å². The summed E-state index contributed by atoms with van der Waals surface area (Å²) in [5.41, 5.74) is 9.06. The maximum atomic E-state index is 13.5. The Bertz CT molecular complexity index is 1220. The first kappa shape index (κ1) is 24.0. The Kier molecular flexibility index (Phi) is 6.88. The van der Waals surface area contributed by atoms with Crippen LogP contribution in [0.2, 0.25) is 0 Å². The molecule has 9 heteroatoms. The number of nitrogens with one attached hydrogen (secondary N) is 1. The van der Waals surface area contributed by atoms with E-state index in [-0.39, 0.29) is 17.5 Å². The standard InChI is InChI=1S/C26H27N3O6/c1-15-3-9-19-22(23(15)35-12-11-16-4-7-18(8-5-16)26(32)33)28-24(34-2)20-13-17(6-10-21(27)30)14-29(20)25(19)31/h3-10,14,20,24,28H,11-13H2,1-2H3,(H2,27,30)(H,32,33). The van der Waals surface area contributed by atoms with E-state index in [2.05, 4.69) is 5.32 Å². The Balaban J connectivity index is 1.57. The highest BCUT2D eigenvalue weighted by Gasteiger charge is 2.40. The van der Waals surface area contributed by atoms with Crippen LogP contribution < -0.4 is 15.8 Å². The van der Waals surface area contributed by atoms with Crippen LogP contribution >= 0.6 is 0 Å². The van der Waals surface area contributed by atoms with Gasteiger partial charge in [0.2, 0.25) is 5.91 Å². The lowest BCUT2D eigenvalue weighted by atomic mass is 10.1. The minimum Gasteiger partial charge on any atom is -0.491 e. The number of aromatic carboxylic acids is 1. The molecule has 0 aromatic heterocycles. The van der Waals surface area contributed by atoms with Crippen LogP contribution in [0.25, 0.3) is 0 Å². The lowest BCUT2D eigenvalue weighted by Crippen LogP contribution is -2.43. The van der Waals surface area contributed by atoms with Crippen LogP contribution in [-0.2, 0) is 16.0 Å². The predicted octanol–water partition coefficient (Wildman–Crippen LogP) is 2.85. The minimum absolute atomic E-state index is 0.200. The van der Waals surface area contributed by atoms with Gasteiger partial charge >= 0.3 is 5.97 Å². The lowest BCUT2D eigenvalue weighted by molar-refractivity contribution is -0.113. The second-order valence-corrected chi connectivity index (χ2v) is 8.46. The van der Waals surface area contributed by atoms with Crippen molar-refractivity contribution >= 4 is 23.5 Å². The third-order valence-corrected chi connectivity index (χ3v) is 6.12. The second kappa shape index (κ2) is 10.0. The van der Waals surface area contributed by atoms with Gasteiger partial charge in [0.1, 0.15) is 12.0 Å². The number of anilines is 1. The van der Waals surface area contributed by atoms with Gasteiger partial charge in [0.05, 0.1) is 29.5 Å². The summed E-state index contributed by atoms with van der Waals surface area (Å²) in [6.07, 6.45) is 5.16. The van der Waals surface area contributed by atoms with Crippen LogP contribution in [0.4, 0.5) is 5.69 Å². The largest absolute Gasteiger partial charge is 0.491 e. The average Bonchev–Trinajstić information content (AvgIpc) is 3.22. The molecule has 0 bridgehead atoms. The highest BCUT2D eigenvalue weighted by Crippen LogP contribution is 2.39. The third-order valence-electron chi connectivity index (χ3n) is 6.12. The number of ether oxygens (including phenoxy) is 2. The van der Waals surface area contributed by atoms with Crippen molar-refractivity contribution in [2.45, 2.75) is 32.0 Å². The summed E-state index contributed by atoms with van der Waals surface area (Å²) >= 11 is 0. The monoisotopic (exact) mass is 477 g/mol. The van der Waals surface area contributed by atoms with E-state index in [1.54, 1.807) is 54.6 Å². The van der Waals surface area contributed by atoms with Crippen molar-refractivity contribution in [2.24, 2.45) is 5.73 Å². The van der Waals surface area contributed by atoms with Gasteiger partial charge in [0.15, 0.2) is 0 Å². The molecule has 0 saturated carbocycles. The first-order valence-electron chi connectivity index (χ1n) is 11.2. The van der Waals surface area contributed by atoms with Gasteiger partial charge in [-0.15, -0.1) is 0 Å². The van der Waals surface area contributed by atoms with Gasteiger partial charge in [0.25, 0.3) is 5.91 Å². The fourth-order valence-electron chi connectivity index (χ4n) is 4.30.